The standard InChI is InChI=1S/C29H42O4.C28H46O5/c1-7-32-27(31)13-8-19(3)23-11-12-24-22-10-9-21-16-18(2)14-15-28(21,5)25(22)17-26(29(23,24)6)33-20(4)30;1-6-32-26(31)12-7-17(2)22-10-11-23-21-9-8-19-15-20(30)13-14-27(19,4)24(21)16-25(28(22,23)5)33-18(3)29/h8-9,11,13,18-19,22,24-26H,7,10,12,14-17H2,1-6H3;17,19-25,30H,6-16H2,1-5H3/b13-8+;/t18-,19+,22-,24-,25-,26+,28-,29+;17-,19?,20+,21+,22-,23+,24+,25-,27+,28-/m01/s1. The number of aliphatic hydroxyl groups excluding tert-OH is 1. The molecule has 9 nitrogen and oxygen atoms in total. The molecule has 6 fully saturated rings. The highest BCUT2D eigenvalue weighted by molar-refractivity contribution is 5.82. The lowest BCUT2D eigenvalue weighted by Crippen LogP contribution is -2.59. The first-order valence-corrected chi connectivity index (χ1v) is 26.6. The fourth-order valence-corrected chi connectivity index (χ4v) is 17.3. The molecule has 8 rings (SSSR count). The van der Waals surface area contributed by atoms with Crippen molar-refractivity contribution in [2.45, 2.75) is 197 Å². The van der Waals surface area contributed by atoms with Crippen molar-refractivity contribution < 1.29 is 43.2 Å². The number of aliphatic hydroxyl groups is 1. The van der Waals surface area contributed by atoms with Gasteiger partial charge in [-0.1, -0.05) is 77.8 Å². The Balaban J connectivity index is 0.000000196. The molecule has 0 bridgehead atoms. The first kappa shape index (κ1) is 50.9. The molecule has 0 spiro atoms. The van der Waals surface area contributed by atoms with Crippen molar-refractivity contribution in [3.05, 3.63) is 35.5 Å². The van der Waals surface area contributed by atoms with Gasteiger partial charge in [-0.15, -0.1) is 0 Å². The molecule has 0 aromatic carbocycles. The summed E-state index contributed by atoms with van der Waals surface area (Å²) in [5.41, 5.74) is 3.22. The number of esters is 4. The number of fused-ring (bicyclic) bond motifs is 10. The fraction of sp³-hybridized carbons (Fsp3) is 0.825. The van der Waals surface area contributed by atoms with Crippen LogP contribution in [-0.4, -0.2) is 60.5 Å². The molecule has 0 aliphatic heterocycles. The second-order valence-corrected chi connectivity index (χ2v) is 23.8. The molecule has 0 saturated heterocycles. The number of rotatable bonds is 11. The van der Waals surface area contributed by atoms with E-state index in [1.807, 2.05) is 19.9 Å². The van der Waals surface area contributed by atoms with Crippen LogP contribution in [0.3, 0.4) is 0 Å². The molecule has 18 atom stereocenters. The van der Waals surface area contributed by atoms with Gasteiger partial charge in [0.05, 0.1) is 19.3 Å². The SMILES string of the molecule is CCOC(=O)/C=C/[C@@H](C)C1=CC[C@H]2[C@@H]3CC=C4C[C@@H](C)CC[C@]4(C)[C@H]3C[C@@H](OC(C)=O)[C@]12C.CCOC(=O)CC[C@@H](C)[C@H]1CC[C@H]2[C@@H]3CCC4C[C@@H](O)CC[C@]4(C)[C@H]3C[C@@H](OC(C)=O)[C@]12C. The van der Waals surface area contributed by atoms with Crippen molar-refractivity contribution in [1.82, 2.24) is 0 Å². The van der Waals surface area contributed by atoms with E-state index in [0.29, 0.717) is 72.9 Å². The average molecular weight is 917 g/mol. The Morgan fingerprint density at radius 1 is 0.773 bits per heavy atom. The van der Waals surface area contributed by atoms with Crippen LogP contribution in [0, 0.1) is 86.8 Å². The first-order valence-electron chi connectivity index (χ1n) is 26.6. The van der Waals surface area contributed by atoms with Gasteiger partial charge in [-0.05, 0) is 186 Å². The molecule has 1 N–H and O–H groups in total. The minimum absolute atomic E-state index is 0.0295. The molecule has 0 aromatic rings. The first-order chi connectivity index (χ1) is 31.2. The van der Waals surface area contributed by atoms with Crippen LogP contribution in [-0.2, 0) is 38.1 Å². The number of carbonyl (C=O) groups is 4. The van der Waals surface area contributed by atoms with Crippen LogP contribution in [0.4, 0.5) is 0 Å². The predicted octanol–water partition coefficient (Wildman–Crippen LogP) is 11.9. The van der Waals surface area contributed by atoms with Gasteiger partial charge in [0.15, 0.2) is 0 Å². The number of allylic oxidation sites excluding steroid dienone is 4. The van der Waals surface area contributed by atoms with Gasteiger partial charge in [-0.3, -0.25) is 14.4 Å². The van der Waals surface area contributed by atoms with E-state index in [9.17, 15) is 24.3 Å². The summed E-state index contributed by atoms with van der Waals surface area (Å²) in [6, 6.07) is 0. The molecule has 6 saturated carbocycles. The van der Waals surface area contributed by atoms with Crippen molar-refractivity contribution in [1.29, 1.82) is 0 Å². The van der Waals surface area contributed by atoms with Crippen molar-refractivity contribution in [2.24, 2.45) is 86.8 Å². The fourth-order valence-electron chi connectivity index (χ4n) is 17.3. The van der Waals surface area contributed by atoms with E-state index in [2.05, 4.69) is 60.6 Å². The van der Waals surface area contributed by atoms with Gasteiger partial charge in [-0.25, -0.2) is 4.79 Å². The van der Waals surface area contributed by atoms with Crippen LogP contribution in [0.25, 0.3) is 0 Å². The second-order valence-electron chi connectivity index (χ2n) is 23.8. The number of ether oxygens (including phenoxy) is 4. The zero-order valence-electron chi connectivity index (χ0n) is 42.8. The molecule has 66 heavy (non-hydrogen) atoms. The van der Waals surface area contributed by atoms with Gasteiger partial charge in [0, 0.05) is 37.2 Å². The Morgan fingerprint density at radius 3 is 2.17 bits per heavy atom. The van der Waals surface area contributed by atoms with Crippen molar-refractivity contribution in [3.63, 3.8) is 0 Å². The lowest BCUT2D eigenvalue weighted by atomic mass is 9.43. The highest BCUT2D eigenvalue weighted by Crippen LogP contribution is 2.70. The molecule has 8 aliphatic rings. The Hall–Kier alpha value is -2.94. The summed E-state index contributed by atoms with van der Waals surface area (Å²) in [4.78, 5) is 48.4. The van der Waals surface area contributed by atoms with Crippen LogP contribution < -0.4 is 0 Å². The molecular weight excluding hydrogens is 829 g/mol. The zero-order chi connectivity index (χ0) is 47.9. The summed E-state index contributed by atoms with van der Waals surface area (Å²) in [7, 11) is 0. The molecule has 0 radical (unpaired) electrons. The molecule has 0 aromatic heterocycles. The van der Waals surface area contributed by atoms with E-state index >= 15 is 0 Å². The van der Waals surface area contributed by atoms with Crippen molar-refractivity contribution in [2.75, 3.05) is 13.2 Å². The van der Waals surface area contributed by atoms with E-state index < -0.39 is 0 Å². The van der Waals surface area contributed by atoms with Gasteiger partial charge in [-0.2, -0.15) is 0 Å². The van der Waals surface area contributed by atoms with E-state index in [4.69, 9.17) is 18.9 Å². The minimum atomic E-state index is -0.297. The summed E-state index contributed by atoms with van der Waals surface area (Å²) in [6.45, 7) is 24.1. The predicted molar refractivity (Wildman–Crippen MR) is 257 cm³/mol. The van der Waals surface area contributed by atoms with Crippen molar-refractivity contribution >= 4 is 23.9 Å². The molecule has 8 aliphatic carbocycles. The van der Waals surface area contributed by atoms with Crippen LogP contribution in [0.1, 0.15) is 179 Å². The largest absolute Gasteiger partial charge is 0.466 e. The smallest absolute Gasteiger partial charge is 0.330 e. The lowest BCUT2D eigenvalue weighted by Gasteiger charge is -2.62. The lowest BCUT2D eigenvalue weighted by molar-refractivity contribution is -0.196. The van der Waals surface area contributed by atoms with Crippen LogP contribution >= 0.6 is 0 Å². The maximum atomic E-state index is 12.3. The van der Waals surface area contributed by atoms with Gasteiger partial charge in [0.25, 0.3) is 0 Å². The monoisotopic (exact) mass is 917 g/mol. The topological polar surface area (TPSA) is 125 Å². The third-order valence-corrected chi connectivity index (χ3v) is 20.6. The Morgan fingerprint density at radius 2 is 1.47 bits per heavy atom. The number of hydrogen-bond donors (Lipinski definition) is 1. The second kappa shape index (κ2) is 20.2. The van der Waals surface area contributed by atoms with Gasteiger partial charge in [0.1, 0.15) is 12.2 Å². The molecular formula is C57H88O9. The van der Waals surface area contributed by atoms with E-state index in [1.54, 1.807) is 25.5 Å². The quantitative estimate of drug-likeness (QED) is 0.0933. The van der Waals surface area contributed by atoms with Gasteiger partial charge < -0.3 is 24.1 Å². The molecule has 370 valence electrons. The third kappa shape index (κ3) is 9.40. The zero-order valence-corrected chi connectivity index (χ0v) is 42.8. The van der Waals surface area contributed by atoms with Gasteiger partial charge in [0.2, 0.25) is 0 Å². The van der Waals surface area contributed by atoms with Gasteiger partial charge >= 0.3 is 23.9 Å². The summed E-state index contributed by atoms with van der Waals surface area (Å²) in [6.07, 6.45) is 25.0. The molecule has 1 unspecified atom stereocenters. The maximum Gasteiger partial charge on any atom is 0.330 e. The Bertz CT molecular complexity index is 1880. The highest BCUT2D eigenvalue weighted by Gasteiger charge is 2.65. The Labute approximate surface area is 398 Å². The number of carbonyl (C=O) groups excluding carboxylic acids is 4. The molecule has 9 heteroatoms. The summed E-state index contributed by atoms with van der Waals surface area (Å²) < 4.78 is 22.6. The van der Waals surface area contributed by atoms with E-state index in [-0.39, 0.29) is 69.8 Å². The third-order valence-electron chi connectivity index (χ3n) is 20.6. The summed E-state index contributed by atoms with van der Waals surface area (Å²) in [5, 5.41) is 10.3. The van der Waals surface area contributed by atoms with Crippen molar-refractivity contribution in [3.8, 4) is 0 Å². The normalized spacial score (nSPS) is 43.0. The molecule has 0 amide bonds. The molecule has 0 heterocycles. The van der Waals surface area contributed by atoms with Crippen LogP contribution in [0.15, 0.2) is 35.5 Å². The highest BCUT2D eigenvalue weighted by atomic mass is 16.6. The maximum absolute atomic E-state index is 12.3. The van der Waals surface area contributed by atoms with Crippen LogP contribution in [0.2, 0.25) is 0 Å². The summed E-state index contributed by atoms with van der Waals surface area (Å²) in [5.74, 6) is 5.01. The van der Waals surface area contributed by atoms with E-state index in [1.165, 1.54) is 44.1 Å². The Kier molecular flexibility index (Phi) is 15.6. The van der Waals surface area contributed by atoms with Crippen LogP contribution in [0.5, 0.6) is 0 Å². The number of hydrogen-bond acceptors (Lipinski definition) is 9. The minimum Gasteiger partial charge on any atom is -0.466 e. The summed E-state index contributed by atoms with van der Waals surface area (Å²) >= 11 is 0. The van der Waals surface area contributed by atoms with E-state index in [0.717, 1.165) is 63.7 Å². The average Bonchev–Trinajstić information content (AvgIpc) is 3.81.